The first-order valence-corrected chi connectivity index (χ1v) is 8.84. The van der Waals surface area contributed by atoms with Gasteiger partial charge in [-0.15, -0.1) is 0 Å². The van der Waals surface area contributed by atoms with E-state index >= 15 is 0 Å². The van der Waals surface area contributed by atoms with Gasteiger partial charge in [-0.2, -0.15) is 0 Å². The fraction of sp³-hybridized carbons (Fsp3) is 0.923. The molecule has 0 saturated carbocycles. The van der Waals surface area contributed by atoms with Crippen molar-refractivity contribution in [2.24, 2.45) is 11.7 Å². The molecule has 0 aliphatic heterocycles. The first kappa shape index (κ1) is 19.3. The van der Waals surface area contributed by atoms with Gasteiger partial charge in [0.2, 0.25) is 15.9 Å². The van der Waals surface area contributed by atoms with E-state index < -0.39 is 15.6 Å². The number of sulfonamides is 1. The summed E-state index contributed by atoms with van der Waals surface area (Å²) in [6.45, 7) is 7.54. The number of hydrogen-bond acceptors (Lipinski definition) is 4. The summed E-state index contributed by atoms with van der Waals surface area (Å²) in [5.41, 5.74) is 4.96. The molecular weight excluding hydrogens is 278 g/mol. The highest BCUT2D eigenvalue weighted by Crippen LogP contribution is 2.10. The van der Waals surface area contributed by atoms with Crippen molar-refractivity contribution in [3.05, 3.63) is 0 Å². The van der Waals surface area contributed by atoms with Crippen molar-refractivity contribution in [1.82, 2.24) is 10.0 Å². The minimum Gasteiger partial charge on any atom is -0.354 e. The van der Waals surface area contributed by atoms with Crippen LogP contribution < -0.4 is 15.8 Å². The Bertz CT molecular complexity index is 405. The Labute approximate surface area is 122 Å². The third-order valence-corrected chi connectivity index (χ3v) is 3.83. The Morgan fingerprint density at radius 2 is 1.80 bits per heavy atom. The fourth-order valence-corrected chi connectivity index (χ4v) is 2.97. The molecule has 0 heterocycles. The molecule has 2 unspecified atom stereocenters. The predicted octanol–water partition coefficient (Wildman–Crippen LogP) is 0.584. The third-order valence-electron chi connectivity index (χ3n) is 2.91. The van der Waals surface area contributed by atoms with Crippen molar-refractivity contribution in [2.45, 2.75) is 58.5 Å². The molecule has 0 aliphatic rings. The Kier molecular flexibility index (Phi) is 7.69. The lowest BCUT2D eigenvalue weighted by molar-refractivity contribution is -0.125. The zero-order chi connectivity index (χ0) is 16.0. The van der Waals surface area contributed by atoms with Crippen molar-refractivity contribution in [1.29, 1.82) is 0 Å². The SMILES string of the molecule is CC(N)CCCC(C)C(=O)NCC(C)(C)NS(C)(=O)=O. The van der Waals surface area contributed by atoms with Gasteiger partial charge in [0.15, 0.2) is 0 Å². The number of carbonyl (C=O) groups excluding carboxylic acids is 1. The quantitative estimate of drug-likeness (QED) is 0.580. The van der Waals surface area contributed by atoms with Crippen molar-refractivity contribution in [2.75, 3.05) is 12.8 Å². The number of nitrogens with two attached hydrogens (primary N) is 1. The maximum absolute atomic E-state index is 11.9. The van der Waals surface area contributed by atoms with E-state index in [0.717, 1.165) is 25.5 Å². The molecule has 0 saturated heterocycles. The second-order valence-electron chi connectivity index (χ2n) is 6.29. The summed E-state index contributed by atoms with van der Waals surface area (Å²) < 4.78 is 24.9. The van der Waals surface area contributed by atoms with E-state index in [4.69, 9.17) is 5.73 Å². The van der Waals surface area contributed by atoms with Crippen LogP contribution in [0.25, 0.3) is 0 Å². The van der Waals surface area contributed by atoms with Gasteiger partial charge in [-0.3, -0.25) is 4.79 Å². The molecule has 1 amide bonds. The number of carbonyl (C=O) groups is 1. The number of nitrogens with one attached hydrogen (secondary N) is 2. The summed E-state index contributed by atoms with van der Waals surface area (Å²) in [5.74, 6) is -0.152. The van der Waals surface area contributed by atoms with Gasteiger partial charge in [-0.05, 0) is 33.6 Å². The molecular formula is C13H29N3O3S. The van der Waals surface area contributed by atoms with Crippen LogP contribution in [0, 0.1) is 5.92 Å². The monoisotopic (exact) mass is 307 g/mol. The normalized spacial score (nSPS) is 15.7. The van der Waals surface area contributed by atoms with E-state index in [1.54, 1.807) is 13.8 Å². The lowest BCUT2D eigenvalue weighted by atomic mass is 10.0. The van der Waals surface area contributed by atoms with Crippen molar-refractivity contribution in [3.8, 4) is 0 Å². The Balaban J connectivity index is 4.14. The largest absolute Gasteiger partial charge is 0.354 e. The highest BCUT2D eigenvalue weighted by atomic mass is 32.2. The van der Waals surface area contributed by atoms with Crippen molar-refractivity contribution < 1.29 is 13.2 Å². The van der Waals surface area contributed by atoms with Crippen LogP contribution in [0.4, 0.5) is 0 Å². The van der Waals surface area contributed by atoms with Crippen LogP contribution in [-0.4, -0.2) is 38.7 Å². The molecule has 120 valence electrons. The van der Waals surface area contributed by atoms with Crippen LogP contribution in [0.1, 0.15) is 47.0 Å². The van der Waals surface area contributed by atoms with Crippen LogP contribution in [0.2, 0.25) is 0 Å². The Morgan fingerprint density at radius 1 is 1.25 bits per heavy atom. The third kappa shape index (κ3) is 10.2. The molecule has 4 N–H and O–H groups in total. The maximum atomic E-state index is 11.9. The van der Waals surface area contributed by atoms with Crippen LogP contribution in [0.3, 0.4) is 0 Å². The molecule has 0 aromatic rings. The van der Waals surface area contributed by atoms with Crippen LogP contribution in [-0.2, 0) is 14.8 Å². The lowest BCUT2D eigenvalue weighted by Crippen LogP contribution is -2.51. The second-order valence-corrected chi connectivity index (χ2v) is 8.03. The molecule has 0 aromatic heterocycles. The summed E-state index contributed by atoms with van der Waals surface area (Å²) >= 11 is 0. The molecule has 0 fully saturated rings. The molecule has 20 heavy (non-hydrogen) atoms. The zero-order valence-corrected chi connectivity index (χ0v) is 14.0. The summed E-state index contributed by atoms with van der Waals surface area (Å²) in [4.78, 5) is 11.9. The summed E-state index contributed by atoms with van der Waals surface area (Å²) in [6, 6.07) is 0.156. The van der Waals surface area contributed by atoms with E-state index in [-0.39, 0.29) is 24.4 Å². The van der Waals surface area contributed by atoms with Crippen LogP contribution in [0.5, 0.6) is 0 Å². The van der Waals surface area contributed by atoms with Gasteiger partial charge in [0.25, 0.3) is 0 Å². The lowest BCUT2D eigenvalue weighted by Gasteiger charge is -2.26. The van der Waals surface area contributed by atoms with Gasteiger partial charge < -0.3 is 11.1 Å². The standard InChI is InChI=1S/C13H29N3O3S/c1-10(7-6-8-11(2)14)12(17)15-9-13(3,4)16-20(5,18)19/h10-11,16H,6-9,14H2,1-5H3,(H,15,17). The highest BCUT2D eigenvalue weighted by Gasteiger charge is 2.23. The van der Waals surface area contributed by atoms with Gasteiger partial charge >= 0.3 is 0 Å². The van der Waals surface area contributed by atoms with E-state index in [1.807, 2.05) is 13.8 Å². The summed E-state index contributed by atoms with van der Waals surface area (Å²) in [6.07, 6.45) is 3.70. The summed E-state index contributed by atoms with van der Waals surface area (Å²) in [5, 5.41) is 2.79. The average molecular weight is 307 g/mol. The van der Waals surface area contributed by atoms with E-state index in [0.29, 0.717) is 0 Å². The van der Waals surface area contributed by atoms with E-state index in [2.05, 4.69) is 10.0 Å². The topological polar surface area (TPSA) is 101 Å². The zero-order valence-electron chi connectivity index (χ0n) is 13.2. The van der Waals surface area contributed by atoms with Gasteiger partial charge in [0, 0.05) is 24.0 Å². The number of hydrogen-bond donors (Lipinski definition) is 3. The summed E-state index contributed by atoms with van der Waals surface area (Å²) in [7, 11) is -3.29. The van der Waals surface area contributed by atoms with Crippen LogP contribution >= 0.6 is 0 Å². The first-order chi connectivity index (χ1) is 8.93. The van der Waals surface area contributed by atoms with Gasteiger partial charge in [0.05, 0.1) is 6.26 Å². The molecule has 0 bridgehead atoms. The average Bonchev–Trinajstić information content (AvgIpc) is 2.22. The minimum absolute atomic E-state index is 0.0574. The van der Waals surface area contributed by atoms with Crippen molar-refractivity contribution in [3.63, 3.8) is 0 Å². The molecule has 0 radical (unpaired) electrons. The van der Waals surface area contributed by atoms with Gasteiger partial charge in [-0.25, -0.2) is 13.1 Å². The molecule has 0 aliphatic carbocycles. The van der Waals surface area contributed by atoms with Gasteiger partial charge in [-0.1, -0.05) is 13.3 Å². The first-order valence-electron chi connectivity index (χ1n) is 6.95. The van der Waals surface area contributed by atoms with Crippen LogP contribution in [0.15, 0.2) is 0 Å². The molecule has 2 atom stereocenters. The smallest absolute Gasteiger partial charge is 0.222 e. The van der Waals surface area contributed by atoms with Crippen molar-refractivity contribution >= 4 is 15.9 Å². The van der Waals surface area contributed by atoms with E-state index in [1.165, 1.54) is 0 Å². The maximum Gasteiger partial charge on any atom is 0.222 e. The Hall–Kier alpha value is -0.660. The Morgan fingerprint density at radius 3 is 2.25 bits per heavy atom. The predicted molar refractivity (Wildman–Crippen MR) is 81.7 cm³/mol. The highest BCUT2D eigenvalue weighted by molar-refractivity contribution is 7.88. The van der Waals surface area contributed by atoms with E-state index in [9.17, 15) is 13.2 Å². The molecule has 6 nitrogen and oxygen atoms in total. The molecule has 0 spiro atoms. The fourth-order valence-electron chi connectivity index (χ4n) is 1.90. The second kappa shape index (κ2) is 7.95. The minimum atomic E-state index is -3.29. The number of amides is 1. The number of rotatable bonds is 9. The molecule has 0 rings (SSSR count). The molecule has 0 aromatic carbocycles. The van der Waals surface area contributed by atoms with Gasteiger partial charge in [0.1, 0.15) is 0 Å². The molecule has 7 heteroatoms.